The van der Waals surface area contributed by atoms with E-state index in [-0.39, 0.29) is 39.0 Å². The second-order valence-electron chi connectivity index (χ2n) is 15.5. The Hall–Kier alpha value is -3.56. The largest absolute Gasteiger partial charge is 0.469 e. The molecule has 0 amide bonds. The van der Waals surface area contributed by atoms with Gasteiger partial charge in [-0.1, -0.05) is 117 Å². The number of esters is 3. The zero-order valence-electron chi connectivity index (χ0n) is 36.1. The monoisotopic (exact) mass is 992 g/mol. The molecule has 0 saturated carbocycles. The number of hydrogen-bond acceptors (Lipinski definition) is 15. The summed E-state index contributed by atoms with van der Waals surface area (Å²) in [4.78, 5) is 36.4. The first-order valence-corrected chi connectivity index (χ1v) is 22.7. The van der Waals surface area contributed by atoms with Crippen LogP contribution in [-0.2, 0) is 81.6 Å². The highest BCUT2D eigenvalue weighted by molar-refractivity contribution is 14.1. The molecule has 2 fully saturated rings. The molecule has 5 rings (SSSR count). The van der Waals surface area contributed by atoms with Crippen LogP contribution in [0.5, 0.6) is 0 Å². The standard InChI is InChI=1S/C47H61IO15/c1-31(49)56-30-36-39(57-27-33-19-11-8-12-20-33)42(58-28-34-21-13-9-14-22-34)43(59-29-35-23-15-10-16-24-35)47(61-36)63-44-40(60-32(2)50)38(52)41(45(48)53)62-46(44)55-26-18-7-5-4-6-17-25-37(51)54-3/h8-16,19-24,36,38-47,52-53H,4-7,17-18,25-30H2,1-3H3/t36-,38+,39-,40+,41+,42+,43-,44-,45?,46+,47-/m1/s1. The summed E-state index contributed by atoms with van der Waals surface area (Å²) in [5, 5.41) is 22.3. The van der Waals surface area contributed by atoms with E-state index < -0.39 is 77.5 Å². The third-order valence-electron chi connectivity index (χ3n) is 10.6. The highest BCUT2D eigenvalue weighted by Gasteiger charge is 2.55. The lowest BCUT2D eigenvalue weighted by Crippen LogP contribution is -2.66. The Kier molecular flexibility index (Phi) is 21.7. The van der Waals surface area contributed by atoms with Crippen LogP contribution in [0.2, 0.25) is 0 Å². The molecule has 2 heterocycles. The Morgan fingerprint density at radius 1 is 0.635 bits per heavy atom. The van der Waals surface area contributed by atoms with Gasteiger partial charge in [-0.25, -0.2) is 0 Å². The molecular formula is C47H61IO15. The first kappa shape index (κ1) is 50.4. The molecule has 0 bridgehead atoms. The summed E-state index contributed by atoms with van der Waals surface area (Å²) < 4.78 is 60.9. The zero-order valence-corrected chi connectivity index (χ0v) is 38.2. The minimum atomic E-state index is -1.55. The summed E-state index contributed by atoms with van der Waals surface area (Å²) in [7, 11) is 1.38. The van der Waals surface area contributed by atoms with Crippen molar-refractivity contribution in [3.63, 3.8) is 0 Å². The maximum Gasteiger partial charge on any atom is 0.305 e. The molecule has 16 heteroatoms. The maximum atomic E-state index is 12.7. The highest BCUT2D eigenvalue weighted by Crippen LogP contribution is 2.36. The SMILES string of the molecule is COC(=O)CCCCCCCCO[C@H]1O[C@H](C(O)I)[C@@H](O)[C@H](OC(C)=O)[C@H]1O[C@H]1O[C@H](COC(C)=O)[C@@H](OCc2ccccc2)[C@H](OCc2ccccc2)[C@H]1OCc1ccccc1. The molecule has 0 aliphatic carbocycles. The quantitative estimate of drug-likeness (QED) is 0.0326. The van der Waals surface area contributed by atoms with Crippen LogP contribution < -0.4 is 0 Å². The van der Waals surface area contributed by atoms with Crippen LogP contribution >= 0.6 is 22.6 Å². The maximum absolute atomic E-state index is 12.7. The van der Waals surface area contributed by atoms with Crippen molar-refractivity contribution in [2.45, 2.75) is 144 Å². The van der Waals surface area contributed by atoms with Gasteiger partial charge in [-0.05, 0) is 52.1 Å². The minimum absolute atomic E-state index is 0.100. The predicted octanol–water partition coefficient (Wildman–Crippen LogP) is 6.11. The molecule has 346 valence electrons. The first-order chi connectivity index (χ1) is 30.5. The molecule has 63 heavy (non-hydrogen) atoms. The van der Waals surface area contributed by atoms with Crippen LogP contribution in [0.1, 0.15) is 75.5 Å². The molecule has 0 aromatic heterocycles. The smallest absolute Gasteiger partial charge is 0.305 e. The predicted molar refractivity (Wildman–Crippen MR) is 236 cm³/mol. The highest BCUT2D eigenvalue weighted by atomic mass is 127. The number of benzene rings is 3. The Bertz CT molecular complexity index is 1770. The van der Waals surface area contributed by atoms with Gasteiger partial charge in [0.25, 0.3) is 0 Å². The van der Waals surface area contributed by atoms with Gasteiger partial charge in [0, 0.05) is 26.9 Å². The second-order valence-corrected chi connectivity index (χ2v) is 16.7. The normalized spacial score (nSPS) is 26.4. The molecule has 2 N–H and O–H groups in total. The lowest BCUT2D eigenvalue weighted by Gasteiger charge is -2.49. The van der Waals surface area contributed by atoms with E-state index in [1.807, 2.05) is 91.0 Å². The van der Waals surface area contributed by atoms with E-state index in [2.05, 4.69) is 0 Å². The van der Waals surface area contributed by atoms with E-state index in [0.29, 0.717) is 12.8 Å². The number of hydrogen-bond donors (Lipinski definition) is 2. The fourth-order valence-electron chi connectivity index (χ4n) is 7.40. The van der Waals surface area contributed by atoms with Crippen LogP contribution in [0, 0.1) is 0 Å². The van der Waals surface area contributed by atoms with Gasteiger partial charge < -0.3 is 57.6 Å². The lowest BCUT2D eigenvalue weighted by atomic mass is 9.96. The van der Waals surface area contributed by atoms with Crippen molar-refractivity contribution in [2.75, 3.05) is 20.3 Å². The third-order valence-corrected chi connectivity index (χ3v) is 11.3. The fraction of sp³-hybridized carbons (Fsp3) is 0.553. The molecular weight excluding hydrogens is 931 g/mol. The summed E-state index contributed by atoms with van der Waals surface area (Å²) in [6.45, 7) is 2.86. The number of carbonyl (C=O) groups excluding carboxylic acids is 3. The van der Waals surface area contributed by atoms with Gasteiger partial charge in [-0.2, -0.15) is 0 Å². The van der Waals surface area contributed by atoms with E-state index >= 15 is 0 Å². The van der Waals surface area contributed by atoms with Gasteiger partial charge in [0.05, 0.1) is 26.9 Å². The van der Waals surface area contributed by atoms with E-state index in [4.69, 9.17) is 47.4 Å². The molecule has 3 aromatic carbocycles. The number of halogens is 1. The van der Waals surface area contributed by atoms with Crippen molar-refractivity contribution in [1.29, 1.82) is 0 Å². The number of carbonyl (C=O) groups is 3. The van der Waals surface area contributed by atoms with Gasteiger partial charge >= 0.3 is 17.9 Å². The topological polar surface area (TPSA) is 184 Å². The zero-order chi connectivity index (χ0) is 45.0. The molecule has 15 nitrogen and oxygen atoms in total. The lowest BCUT2D eigenvalue weighted by molar-refractivity contribution is -0.377. The number of aliphatic hydroxyl groups is 2. The molecule has 11 atom stereocenters. The van der Waals surface area contributed by atoms with Crippen molar-refractivity contribution in [3.8, 4) is 0 Å². The van der Waals surface area contributed by atoms with E-state index in [9.17, 15) is 24.6 Å². The summed E-state index contributed by atoms with van der Waals surface area (Å²) in [6.07, 6.45) is -6.65. The van der Waals surface area contributed by atoms with Crippen LogP contribution in [0.3, 0.4) is 0 Å². The Morgan fingerprint density at radius 3 is 1.68 bits per heavy atom. The van der Waals surface area contributed by atoms with E-state index in [0.717, 1.165) is 48.8 Å². The Balaban J connectivity index is 1.47. The second kappa shape index (κ2) is 27.0. The molecule has 0 spiro atoms. The molecule has 3 aromatic rings. The number of methoxy groups -OCH3 is 1. The molecule has 2 saturated heterocycles. The van der Waals surface area contributed by atoms with Crippen molar-refractivity contribution >= 4 is 40.5 Å². The Morgan fingerprint density at radius 2 is 1.16 bits per heavy atom. The summed E-state index contributed by atoms with van der Waals surface area (Å²) in [5.74, 6) is -1.48. The number of alkyl halides is 1. The number of rotatable bonds is 25. The van der Waals surface area contributed by atoms with Gasteiger partial charge in [0.1, 0.15) is 47.3 Å². The van der Waals surface area contributed by atoms with Gasteiger partial charge in [0.15, 0.2) is 24.8 Å². The first-order valence-electron chi connectivity index (χ1n) is 21.5. The molecule has 1 unspecified atom stereocenters. The van der Waals surface area contributed by atoms with Crippen LogP contribution in [0.4, 0.5) is 0 Å². The van der Waals surface area contributed by atoms with Crippen LogP contribution in [-0.4, -0.2) is 114 Å². The van der Waals surface area contributed by atoms with Gasteiger partial charge in [-0.15, -0.1) is 0 Å². The summed E-state index contributed by atoms with van der Waals surface area (Å²) in [5.41, 5.74) is 2.60. The number of ether oxygens (including phenoxy) is 10. The summed E-state index contributed by atoms with van der Waals surface area (Å²) >= 11 is 1.72. The third kappa shape index (κ3) is 16.4. The van der Waals surface area contributed by atoms with Crippen LogP contribution in [0.15, 0.2) is 91.0 Å². The van der Waals surface area contributed by atoms with E-state index in [1.165, 1.54) is 21.0 Å². The number of aliphatic hydroxyl groups excluding tert-OH is 2. The van der Waals surface area contributed by atoms with E-state index in [1.54, 1.807) is 22.6 Å². The number of unbranched alkanes of at least 4 members (excludes halogenated alkanes) is 5. The van der Waals surface area contributed by atoms with Gasteiger partial charge in [-0.3, -0.25) is 14.4 Å². The minimum Gasteiger partial charge on any atom is -0.469 e. The van der Waals surface area contributed by atoms with Gasteiger partial charge in [0.2, 0.25) is 0 Å². The fourth-order valence-corrected chi connectivity index (χ4v) is 8.00. The summed E-state index contributed by atoms with van der Waals surface area (Å²) in [6, 6.07) is 28.7. The average Bonchev–Trinajstić information content (AvgIpc) is 3.28. The van der Waals surface area contributed by atoms with Crippen molar-refractivity contribution in [2.24, 2.45) is 0 Å². The Labute approximate surface area is 383 Å². The molecule has 2 aliphatic heterocycles. The van der Waals surface area contributed by atoms with Crippen molar-refractivity contribution in [1.82, 2.24) is 0 Å². The van der Waals surface area contributed by atoms with Crippen LogP contribution in [0.25, 0.3) is 0 Å². The molecule has 0 radical (unpaired) electrons. The van der Waals surface area contributed by atoms with Crippen molar-refractivity contribution < 1.29 is 72.0 Å². The average molecular weight is 993 g/mol. The molecule has 2 aliphatic rings. The van der Waals surface area contributed by atoms with Crippen molar-refractivity contribution in [3.05, 3.63) is 108 Å².